The number of allylic oxidation sites excluding steroid dienone is 2. The molecule has 0 fully saturated rings. The van der Waals surface area contributed by atoms with E-state index in [1.54, 1.807) is 12.1 Å². The van der Waals surface area contributed by atoms with Crippen molar-refractivity contribution in [3.63, 3.8) is 0 Å². The van der Waals surface area contributed by atoms with E-state index in [4.69, 9.17) is 0 Å². The van der Waals surface area contributed by atoms with E-state index in [0.717, 1.165) is 11.1 Å². The highest BCUT2D eigenvalue weighted by Gasteiger charge is 2.45. The first kappa shape index (κ1) is 33.6. The maximum absolute atomic E-state index is 13.0. The second kappa shape index (κ2) is 15.7. The summed E-state index contributed by atoms with van der Waals surface area (Å²) in [6, 6.07) is 39.5. The van der Waals surface area contributed by atoms with Crippen LogP contribution in [0.5, 0.6) is 11.5 Å². The Balaban J connectivity index is 1.59. The number of aromatic hydroxyl groups is 2. The molecule has 0 bridgehead atoms. The van der Waals surface area contributed by atoms with Gasteiger partial charge in [0.05, 0.1) is 5.56 Å². The molecule has 5 rings (SSSR count). The number of hydrogen-bond acceptors (Lipinski definition) is 4. The van der Waals surface area contributed by atoms with Gasteiger partial charge in [-0.15, -0.1) is 13.2 Å². The van der Waals surface area contributed by atoms with Crippen LogP contribution in [0.2, 0.25) is 0 Å². The lowest BCUT2D eigenvalue weighted by molar-refractivity contribution is 0.0979. The molecule has 0 amide bonds. The van der Waals surface area contributed by atoms with Crippen LogP contribution in [0.15, 0.2) is 141 Å². The van der Waals surface area contributed by atoms with Gasteiger partial charge in [0, 0.05) is 29.7 Å². The monoisotopic (exact) mass is 640 g/mol. The number of phenols is 2. The van der Waals surface area contributed by atoms with Crippen LogP contribution in [0.25, 0.3) is 11.1 Å². The van der Waals surface area contributed by atoms with E-state index in [2.05, 4.69) is 91.3 Å². The van der Waals surface area contributed by atoms with E-state index in [9.17, 15) is 15.0 Å². The molecule has 0 aliphatic heterocycles. The van der Waals surface area contributed by atoms with Crippen molar-refractivity contribution in [2.24, 2.45) is 0 Å². The minimum Gasteiger partial charge on any atom is -0.507 e. The van der Waals surface area contributed by atoms with Crippen molar-refractivity contribution in [1.29, 1.82) is 0 Å². The highest BCUT2D eigenvalue weighted by molar-refractivity contribution is 7.95. The molecule has 0 saturated heterocycles. The largest absolute Gasteiger partial charge is 0.507 e. The number of nitrogens with one attached hydrogen (secondary N) is 1. The van der Waals surface area contributed by atoms with Crippen molar-refractivity contribution in [2.75, 3.05) is 6.29 Å². The molecule has 47 heavy (non-hydrogen) atoms. The molecule has 0 aliphatic rings. The molecular formula is C42H43NO3P+. The Kier molecular flexibility index (Phi) is 11.2. The molecular weight excluding hydrogens is 597 g/mol. The number of phenolic OH excluding ortho intramolecular Hbond substituents is 2. The fourth-order valence-electron chi connectivity index (χ4n) is 6.27. The molecule has 0 atom stereocenters. The zero-order chi connectivity index (χ0) is 33.2. The van der Waals surface area contributed by atoms with Crippen molar-refractivity contribution in [3.05, 3.63) is 163 Å². The van der Waals surface area contributed by atoms with E-state index in [1.807, 2.05) is 49.4 Å². The minimum absolute atomic E-state index is 0.0772. The van der Waals surface area contributed by atoms with Crippen LogP contribution in [0, 0.1) is 0 Å². The second-order valence-corrected chi connectivity index (χ2v) is 15.2. The zero-order valence-electron chi connectivity index (χ0n) is 27.0. The highest BCUT2D eigenvalue weighted by Crippen LogP contribution is 2.54. The lowest BCUT2D eigenvalue weighted by Crippen LogP contribution is -2.37. The summed E-state index contributed by atoms with van der Waals surface area (Å²) in [6.07, 6.45) is 6.39. The summed E-state index contributed by atoms with van der Waals surface area (Å²) in [7, 11) is -2.14. The van der Waals surface area contributed by atoms with Crippen LogP contribution in [0.4, 0.5) is 0 Å². The third-order valence-corrected chi connectivity index (χ3v) is 12.7. The predicted molar refractivity (Wildman–Crippen MR) is 199 cm³/mol. The van der Waals surface area contributed by atoms with E-state index in [1.165, 1.54) is 15.9 Å². The fourth-order valence-corrected chi connectivity index (χ4v) is 10.2. The van der Waals surface area contributed by atoms with Gasteiger partial charge < -0.3 is 10.2 Å². The summed E-state index contributed by atoms with van der Waals surface area (Å²) in [6.45, 7) is 10.1. The highest BCUT2D eigenvalue weighted by atomic mass is 31.2. The Morgan fingerprint density at radius 3 is 1.64 bits per heavy atom. The van der Waals surface area contributed by atoms with Crippen molar-refractivity contribution in [1.82, 2.24) is 5.32 Å². The Morgan fingerprint density at radius 2 is 1.17 bits per heavy atom. The number of carbonyl (C=O) groups is 1. The summed E-state index contributed by atoms with van der Waals surface area (Å²) < 4.78 is 0. The van der Waals surface area contributed by atoms with Gasteiger partial charge in [0.2, 0.25) is 0 Å². The predicted octanol–water partition coefficient (Wildman–Crippen LogP) is 8.25. The molecule has 5 aromatic carbocycles. The zero-order valence-corrected chi connectivity index (χ0v) is 27.9. The number of benzene rings is 5. The average molecular weight is 641 g/mol. The summed E-state index contributed by atoms with van der Waals surface area (Å²) in [5, 5.41) is 30.8. The summed E-state index contributed by atoms with van der Waals surface area (Å²) >= 11 is 0. The van der Waals surface area contributed by atoms with Crippen molar-refractivity contribution in [2.45, 2.75) is 39.2 Å². The first-order valence-corrected chi connectivity index (χ1v) is 18.1. The molecule has 5 aromatic rings. The molecule has 0 saturated carbocycles. The fraction of sp³-hybridized carbons (Fsp3) is 0.167. The molecule has 3 N–H and O–H groups in total. The van der Waals surface area contributed by atoms with Crippen LogP contribution in [-0.2, 0) is 19.4 Å². The molecule has 238 valence electrons. The minimum atomic E-state index is -2.14. The van der Waals surface area contributed by atoms with Crippen LogP contribution in [0.1, 0.15) is 46.8 Å². The summed E-state index contributed by atoms with van der Waals surface area (Å²) in [4.78, 5) is 13.0. The number of rotatable bonds is 15. The topological polar surface area (TPSA) is 69.6 Å². The molecule has 0 heterocycles. The maximum atomic E-state index is 13.0. The summed E-state index contributed by atoms with van der Waals surface area (Å²) in [5.74, 6) is -0.152. The second-order valence-electron chi connectivity index (χ2n) is 11.8. The van der Waals surface area contributed by atoms with Crippen LogP contribution in [-0.4, -0.2) is 22.3 Å². The van der Waals surface area contributed by atoms with Crippen molar-refractivity contribution in [3.8, 4) is 22.6 Å². The average Bonchev–Trinajstić information content (AvgIpc) is 3.10. The number of hydrogen-bond donors (Lipinski definition) is 3. The maximum Gasteiger partial charge on any atom is 0.166 e. The van der Waals surface area contributed by atoms with Gasteiger partial charge in [-0.3, -0.25) is 10.1 Å². The molecule has 4 nitrogen and oxygen atoms in total. The first-order valence-electron chi connectivity index (χ1n) is 16.1. The van der Waals surface area contributed by atoms with Crippen molar-refractivity contribution >= 4 is 29.0 Å². The van der Waals surface area contributed by atoms with Gasteiger partial charge >= 0.3 is 0 Å². The van der Waals surface area contributed by atoms with Gasteiger partial charge in [0.15, 0.2) is 5.78 Å². The van der Waals surface area contributed by atoms with Gasteiger partial charge in [-0.05, 0) is 85.0 Å². The Morgan fingerprint density at radius 1 is 0.702 bits per heavy atom. The normalized spacial score (nSPS) is 11.3. The SMILES string of the molecule is C=CCc1cc(CNC[P+](c2ccccc2)(c2ccccc2)c2ccccc2)c(O)c(-c2cc(CC=C)cc(C(=O)CCC)c2O)c1. The van der Waals surface area contributed by atoms with E-state index in [0.29, 0.717) is 55.2 Å². The summed E-state index contributed by atoms with van der Waals surface area (Å²) in [5.41, 5.74) is 3.72. The number of Topliss-reactive ketones (excluding diaryl/α,β-unsaturated/α-hetero) is 1. The van der Waals surface area contributed by atoms with Gasteiger partial charge in [-0.25, -0.2) is 0 Å². The first-order chi connectivity index (χ1) is 22.9. The molecule has 0 radical (unpaired) electrons. The van der Waals surface area contributed by atoms with E-state index >= 15 is 0 Å². The Bertz CT molecular complexity index is 1740. The third kappa shape index (κ3) is 7.30. The lowest BCUT2D eigenvalue weighted by Gasteiger charge is -2.28. The molecule has 0 unspecified atom stereocenters. The quantitative estimate of drug-likeness (QED) is 0.0613. The third-order valence-electron chi connectivity index (χ3n) is 8.50. The van der Waals surface area contributed by atoms with Gasteiger partial charge in [-0.1, -0.05) is 79.7 Å². The molecule has 5 heteroatoms. The van der Waals surface area contributed by atoms with Crippen LogP contribution >= 0.6 is 7.26 Å². The van der Waals surface area contributed by atoms with Gasteiger partial charge in [0.1, 0.15) is 41.0 Å². The number of ketones is 1. The van der Waals surface area contributed by atoms with Crippen molar-refractivity contribution < 1.29 is 15.0 Å². The van der Waals surface area contributed by atoms with Crippen LogP contribution < -0.4 is 21.2 Å². The molecule has 0 spiro atoms. The Hall–Kier alpha value is -4.76. The van der Waals surface area contributed by atoms with Gasteiger partial charge in [0.25, 0.3) is 0 Å². The smallest absolute Gasteiger partial charge is 0.166 e. The standard InChI is InChI=1S/C42H42NO3P/c1-4-16-31-25-33(41(45)37(26-31)38-27-32(17-5-2)28-39(42(38)46)40(44)18-6-3)29-43-30-47(34-19-10-7-11-20-34,35-21-12-8-13-22-35)36-23-14-9-15-24-36/h4-5,7-15,19-28,43H,1-2,6,16-18,29-30H2,3H3,(H-,44,45,46)/p+1. The Labute approximate surface area is 279 Å². The molecule has 0 aliphatic carbocycles. The van der Waals surface area contributed by atoms with E-state index < -0.39 is 7.26 Å². The van der Waals surface area contributed by atoms with Crippen LogP contribution in [0.3, 0.4) is 0 Å². The van der Waals surface area contributed by atoms with E-state index in [-0.39, 0.29) is 22.8 Å². The molecule has 0 aromatic heterocycles. The lowest BCUT2D eigenvalue weighted by atomic mass is 9.91. The van der Waals surface area contributed by atoms with Gasteiger partial charge in [-0.2, -0.15) is 0 Å². The number of carbonyl (C=O) groups excluding carboxylic acids is 1.